The molecule has 6 nitrogen and oxygen atoms in total. The molecule has 2 unspecified atom stereocenters. The first kappa shape index (κ1) is 15.5. The maximum atomic E-state index is 12.3. The largest absolute Gasteiger partial charge is 0.469 e. The molecule has 0 radical (unpaired) electrons. The van der Waals surface area contributed by atoms with Crippen LogP contribution in [0.3, 0.4) is 0 Å². The monoisotopic (exact) mass is 296 g/mol. The Labute approximate surface area is 123 Å². The highest BCUT2D eigenvalue weighted by Gasteiger charge is 2.61. The van der Waals surface area contributed by atoms with Crippen LogP contribution in [0.5, 0.6) is 0 Å². The molecule has 2 fully saturated rings. The lowest BCUT2D eigenvalue weighted by Gasteiger charge is -2.29. The van der Waals surface area contributed by atoms with Crippen LogP contribution in [0.25, 0.3) is 0 Å². The number of methoxy groups -OCH3 is 3. The number of carbonyl (C=O) groups is 3. The summed E-state index contributed by atoms with van der Waals surface area (Å²) in [6.45, 7) is 0. The van der Waals surface area contributed by atoms with E-state index in [0.29, 0.717) is 6.42 Å². The van der Waals surface area contributed by atoms with Gasteiger partial charge in [0.15, 0.2) is 5.41 Å². The molecule has 0 aromatic heterocycles. The first-order chi connectivity index (χ1) is 10.0. The minimum Gasteiger partial charge on any atom is -0.469 e. The predicted octanol–water partition coefficient (Wildman–Crippen LogP) is 1.24. The summed E-state index contributed by atoms with van der Waals surface area (Å²) in [5.74, 6) is -2.80. The molecule has 2 aliphatic rings. The Bertz CT molecular complexity index is 470. The molecular weight excluding hydrogens is 276 g/mol. The fourth-order valence-electron chi connectivity index (χ4n) is 3.16. The van der Waals surface area contributed by atoms with Gasteiger partial charge in [-0.1, -0.05) is 11.6 Å². The number of ether oxygens (including phenoxy) is 3. The highest BCUT2D eigenvalue weighted by atomic mass is 16.5. The zero-order valence-corrected chi connectivity index (χ0v) is 12.5. The van der Waals surface area contributed by atoms with E-state index >= 15 is 0 Å². The van der Waals surface area contributed by atoms with Gasteiger partial charge in [-0.05, 0) is 25.7 Å². The Balaban J connectivity index is 2.46. The predicted molar refractivity (Wildman–Crippen MR) is 72.0 cm³/mol. The van der Waals surface area contributed by atoms with Crippen LogP contribution in [0.4, 0.5) is 0 Å². The van der Waals surface area contributed by atoms with Crippen molar-refractivity contribution in [2.24, 2.45) is 17.3 Å². The molecule has 2 atom stereocenters. The van der Waals surface area contributed by atoms with Crippen molar-refractivity contribution in [3.05, 3.63) is 11.6 Å². The topological polar surface area (TPSA) is 78.9 Å². The first-order valence-electron chi connectivity index (χ1n) is 6.95. The van der Waals surface area contributed by atoms with E-state index in [2.05, 4.69) is 0 Å². The smallest absolute Gasteiger partial charge is 0.323 e. The van der Waals surface area contributed by atoms with Crippen molar-refractivity contribution in [3.8, 4) is 0 Å². The Morgan fingerprint density at radius 3 is 2.05 bits per heavy atom. The summed E-state index contributed by atoms with van der Waals surface area (Å²) < 4.78 is 14.5. The zero-order valence-electron chi connectivity index (χ0n) is 12.5. The molecule has 2 rings (SSSR count). The molecule has 2 saturated carbocycles. The highest BCUT2D eigenvalue weighted by molar-refractivity contribution is 6.02. The van der Waals surface area contributed by atoms with Crippen LogP contribution in [0.2, 0.25) is 0 Å². The third kappa shape index (κ3) is 2.54. The number of hydrogen-bond acceptors (Lipinski definition) is 6. The molecule has 0 aromatic carbocycles. The van der Waals surface area contributed by atoms with Gasteiger partial charge in [0.2, 0.25) is 0 Å². The second-order valence-corrected chi connectivity index (χ2v) is 5.47. The fraction of sp³-hybridized carbons (Fsp3) is 0.667. The molecular formula is C15H20O6. The Kier molecular flexibility index (Phi) is 4.34. The third-order valence-electron chi connectivity index (χ3n) is 4.41. The highest BCUT2D eigenvalue weighted by Crippen LogP contribution is 2.51. The number of rotatable bonds is 4. The molecule has 0 bridgehead atoms. The summed E-state index contributed by atoms with van der Waals surface area (Å²) in [6.07, 6.45) is 4.35. The lowest BCUT2D eigenvalue weighted by atomic mass is 9.74. The van der Waals surface area contributed by atoms with E-state index in [1.165, 1.54) is 21.3 Å². The summed E-state index contributed by atoms with van der Waals surface area (Å²) in [7, 11) is 3.78. The van der Waals surface area contributed by atoms with Crippen LogP contribution < -0.4 is 0 Å². The normalized spacial score (nSPS) is 26.0. The van der Waals surface area contributed by atoms with Crippen molar-refractivity contribution >= 4 is 17.9 Å². The SMILES string of the molecule is COC(=O)C1CCC(C(=O)OC)(C(=O)OC)C1C=C1CC1. The van der Waals surface area contributed by atoms with Crippen LogP contribution in [-0.2, 0) is 28.6 Å². The lowest BCUT2D eigenvalue weighted by Crippen LogP contribution is -2.45. The van der Waals surface area contributed by atoms with Crippen LogP contribution in [0.1, 0.15) is 25.7 Å². The molecule has 0 aliphatic heterocycles. The quantitative estimate of drug-likeness (QED) is 0.336. The fourth-order valence-corrected chi connectivity index (χ4v) is 3.16. The van der Waals surface area contributed by atoms with E-state index in [1.807, 2.05) is 6.08 Å². The average molecular weight is 296 g/mol. The van der Waals surface area contributed by atoms with Gasteiger partial charge in [-0.25, -0.2) is 0 Å². The summed E-state index contributed by atoms with van der Waals surface area (Å²) in [4.78, 5) is 36.6. The van der Waals surface area contributed by atoms with Crippen molar-refractivity contribution in [1.29, 1.82) is 0 Å². The van der Waals surface area contributed by atoms with E-state index in [4.69, 9.17) is 14.2 Å². The molecule has 0 aromatic rings. The van der Waals surface area contributed by atoms with Crippen LogP contribution >= 0.6 is 0 Å². The number of hydrogen-bond donors (Lipinski definition) is 0. The second kappa shape index (κ2) is 5.87. The Morgan fingerprint density at radius 2 is 1.62 bits per heavy atom. The minimum atomic E-state index is -1.45. The second-order valence-electron chi connectivity index (χ2n) is 5.47. The molecule has 0 N–H and O–H groups in total. The van der Waals surface area contributed by atoms with Crippen molar-refractivity contribution in [2.45, 2.75) is 25.7 Å². The van der Waals surface area contributed by atoms with E-state index < -0.39 is 35.2 Å². The van der Waals surface area contributed by atoms with Gasteiger partial charge in [0.05, 0.1) is 27.2 Å². The average Bonchev–Trinajstić information content (AvgIpc) is 3.24. The van der Waals surface area contributed by atoms with Gasteiger partial charge in [-0.3, -0.25) is 14.4 Å². The van der Waals surface area contributed by atoms with E-state index in [0.717, 1.165) is 18.4 Å². The molecule has 0 spiro atoms. The molecule has 21 heavy (non-hydrogen) atoms. The Morgan fingerprint density at radius 1 is 1.05 bits per heavy atom. The van der Waals surface area contributed by atoms with Gasteiger partial charge in [0, 0.05) is 5.92 Å². The van der Waals surface area contributed by atoms with Crippen molar-refractivity contribution in [3.63, 3.8) is 0 Å². The van der Waals surface area contributed by atoms with Crippen molar-refractivity contribution in [2.75, 3.05) is 21.3 Å². The van der Waals surface area contributed by atoms with E-state index in [-0.39, 0.29) is 6.42 Å². The molecule has 2 aliphatic carbocycles. The zero-order chi connectivity index (χ0) is 15.6. The van der Waals surface area contributed by atoms with Crippen LogP contribution in [0.15, 0.2) is 11.6 Å². The molecule has 0 amide bonds. The Hall–Kier alpha value is -1.85. The molecule has 0 saturated heterocycles. The van der Waals surface area contributed by atoms with Gasteiger partial charge in [-0.15, -0.1) is 0 Å². The van der Waals surface area contributed by atoms with Gasteiger partial charge >= 0.3 is 17.9 Å². The van der Waals surface area contributed by atoms with Gasteiger partial charge in [-0.2, -0.15) is 0 Å². The van der Waals surface area contributed by atoms with Crippen molar-refractivity contribution in [1.82, 2.24) is 0 Å². The van der Waals surface area contributed by atoms with E-state index in [9.17, 15) is 14.4 Å². The summed E-state index contributed by atoms with van der Waals surface area (Å²) in [5, 5.41) is 0. The van der Waals surface area contributed by atoms with Gasteiger partial charge in [0.25, 0.3) is 0 Å². The van der Waals surface area contributed by atoms with Crippen LogP contribution in [-0.4, -0.2) is 39.2 Å². The first-order valence-corrected chi connectivity index (χ1v) is 6.95. The molecule has 116 valence electrons. The lowest BCUT2D eigenvalue weighted by molar-refractivity contribution is -0.171. The maximum absolute atomic E-state index is 12.3. The van der Waals surface area contributed by atoms with Crippen molar-refractivity contribution < 1.29 is 28.6 Å². The molecule has 0 heterocycles. The summed E-state index contributed by atoms with van der Waals surface area (Å²) in [5.41, 5.74) is -0.300. The maximum Gasteiger partial charge on any atom is 0.323 e. The van der Waals surface area contributed by atoms with Crippen LogP contribution in [0, 0.1) is 17.3 Å². The number of carbonyl (C=O) groups excluding carboxylic acids is 3. The molecule has 6 heteroatoms. The summed E-state index contributed by atoms with van der Waals surface area (Å²) >= 11 is 0. The van der Waals surface area contributed by atoms with Gasteiger partial charge in [0.1, 0.15) is 0 Å². The summed E-state index contributed by atoms with van der Waals surface area (Å²) in [6, 6.07) is 0. The van der Waals surface area contributed by atoms with Gasteiger partial charge < -0.3 is 14.2 Å². The van der Waals surface area contributed by atoms with E-state index in [1.54, 1.807) is 0 Å². The third-order valence-corrected chi connectivity index (χ3v) is 4.41. The standard InChI is InChI=1S/C15H20O6/c1-19-12(16)10-6-7-15(13(17)20-2,14(18)21-3)11(10)8-9-4-5-9/h8,10-11H,4-7H2,1-3H3. The minimum absolute atomic E-state index is 0.223. The number of allylic oxidation sites excluding steroid dienone is 2. The number of esters is 3.